The number of halogens is 2. The van der Waals surface area contributed by atoms with Crippen molar-refractivity contribution in [3.63, 3.8) is 0 Å². The summed E-state index contributed by atoms with van der Waals surface area (Å²) in [6, 6.07) is 9.85. The monoisotopic (exact) mass is 453 g/mol. The molecule has 0 aliphatic rings. The van der Waals surface area contributed by atoms with Gasteiger partial charge in [-0.05, 0) is 48.7 Å². The number of hydrogen-bond donors (Lipinski definition) is 0. The number of ether oxygens (including phenoxy) is 1. The topological polar surface area (TPSA) is 48.3 Å². The van der Waals surface area contributed by atoms with Gasteiger partial charge in [-0.2, -0.15) is 0 Å². The highest BCUT2D eigenvalue weighted by Crippen LogP contribution is 2.35. The van der Waals surface area contributed by atoms with Crippen LogP contribution in [0, 0.1) is 5.92 Å². The molecule has 0 radical (unpaired) electrons. The number of hydrogen-bond acceptors (Lipinski definition) is 3. The van der Waals surface area contributed by atoms with E-state index in [0.717, 1.165) is 42.4 Å². The fourth-order valence-electron chi connectivity index (χ4n) is 3.78. The predicted molar refractivity (Wildman–Crippen MR) is 120 cm³/mol. The second-order valence-electron chi connectivity index (χ2n) is 7.14. The summed E-state index contributed by atoms with van der Waals surface area (Å²) in [4.78, 5) is 0.0239. The lowest BCUT2D eigenvalue weighted by Gasteiger charge is -2.17. The van der Waals surface area contributed by atoms with Crippen molar-refractivity contribution in [3.05, 3.63) is 58.2 Å². The van der Waals surface area contributed by atoms with E-state index in [4.69, 9.17) is 27.9 Å². The molecule has 3 rings (SSSR count). The quantitative estimate of drug-likeness (QED) is 0.387. The first-order chi connectivity index (χ1) is 13.8. The average Bonchev–Trinajstić information content (AvgIpc) is 3.12. The summed E-state index contributed by atoms with van der Waals surface area (Å²) >= 11 is 12.1. The molecule has 2 aromatic carbocycles. The smallest absolute Gasteiger partial charge is 0.269 e. The zero-order valence-electron chi connectivity index (χ0n) is 16.8. The summed E-state index contributed by atoms with van der Waals surface area (Å²) in [6.07, 6.45) is 5.72. The third-order valence-electron chi connectivity index (χ3n) is 5.32. The lowest BCUT2D eigenvalue weighted by Crippen LogP contribution is -2.12. The maximum atomic E-state index is 13.3. The van der Waals surface area contributed by atoms with Crippen molar-refractivity contribution in [2.75, 3.05) is 7.11 Å². The molecule has 1 heterocycles. The molecule has 0 saturated carbocycles. The van der Waals surface area contributed by atoms with Gasteiger partial charge in [0.1, 0.15) is 10.6 Å². The minimum atomic E-state index is -3.86. The molecule has 29 heavy (non-hydrogen) atoms. The molecule has 1 atom stereocenters. The van der Waals surface area contributed by atoms with Gasteiger partial charge in [-0.3, -0.25) is 0 Å². The molecule has 4 nitrogen and oxygen atoms in total. The van der Waals surface area contributed by atoms with E-state index in [1.165, 1.54) is 22.2 Å². The van der Waals surface area contributed by atoms with Crippen molar-refractivity contribution in [3.8, 4) is 5.75 Å². The number of methoxy groups -OCH3 is 1. The number of aromatic nitrogens is 1. The molecule has 0 bridgehead atoms. The van der Waals surface area contributed by atoms with E-state index in [-0.39, 0.29) is 9.92 Å². The summed E-state index contributed by atoms with van der Waals surface area (Å²) in [5.41, 5.74) is 1.65. The van der Waals surface area contributed by atoms with Crippen molar-refractivity contribution in [2.24, 2.45) is 5.92 Å². The van der Waals surface area contributed by atoms with Crippen LogP contribution in [0.4, 0.5) is 0 Å². The fraction of sp³-hybridized carbons (Fsp3) is 0.364. The molecule has 1 unspecified atom stereocenters. The molecule has 7 heteroatoms. The molecule has 0 N–H and O–H groups in total. The predicted octanol–water partition coefficient (Wildman–Crippen LogP) is 6.56. The normalized spacial score (nSPS) is 13.0. The summed E-state index contributed by atoms with van der Waals surface area (Å²) in [5.74, 6) is 1.30. The maximum Gasteiger partial charge on any atom is 0.269 e. The largest absolute Gasteiger partial charge is 0.496 e. The summed E-state index contributed by atoms with van der Waals surface area (Å²) in [5, 5.41) is 1.37. The first-order valence-corrected chi connectivity index (χ1v) is 11.9. The van der Waals surface area contributed by atoms with E-state index >= 15 is 0 Å². The van der Waals surface area contributed by atoms with Crippen LogP contribution < -0.4 is 4.74 Å². The van der Waals surface area contributed by atoms with Crippen molar-refractivity contribution in [2.45, 2.75) is 44.4 Å². The maximum absolute atomic E-state index is 13.3. The van der Waals surface area contributed by atoms with Gasteiger partial charge in [0.25, 0.3) is 10.0 Å². The van der Waals surface area contributed by atoms with E-state index in [1.807, 2.05) is 12.1 Å². The van der Waals surface area contributed by atoms with Crippen LogP contribution in [-0.4, -0.2) is 19.5 Å². The Morgan fingerprint density at radius 3 is 2.48 bits per heavy atom. The third-order valence-corrected chi connectivity index (χ3v) is 7.73. The Kier molecular flexibility index (Phi) is 6.82. The molecule has 3 aromatic rings. The van der Waals surface area contributed by atoms with Crippen molar-refractivity contribution >= 4 is 44.1 Å². The molecule has 0 aliphatic carbocycles. The molecule has 156 valence electrons. The molecular weight excluding hydrogens is 429 g/mol. The van der Waals surface area contributed by atoms with Gasteiger partial charge >= 0.3 is 0 Å². The Morgan fingerprint density at radius 2 is 1.86 bits per heavy atom. The first kappa shape index (κ1) is 22.0. The Bertz CT molecular complexity index is 1120. The Balaban J connectivity index is 2.15. The van der Waals surface area contributed by atoms with E-state index in [0.29, 0.717) is 16.5 Å². The highest BCUT2D eigenvalue weighted by Gasteiger charge is 2.24. The molecule has 0 spiro atoms. The van der Waals surface area contributed by atoms with E-state index in [2.05, 4.69) is 13.8 Å². The van der Waals surface area contributed by atoms with Crippen molar-refractivity contribution < 1.29 is 13.2 Å². The first-order valence-electron chi connectivity index (χ1n) is 9.71. The van der Waals surface area contributed by atoms with E-state index < -0.39 is 10.0 Å². The van der Waals surface area contributed by atoms with Gasteiger partial charge in [-0.15, -0.1) is 0 Å². The standard InChI is InChI=1S/C22H25Cl2NO3S/c1-4-6-15(5-2)13-18-17-11-12-25(20(17)8-9-21(18)28-3)29(26,27)22-10-7-16(23)14-19(22)24/h7-12,14-15H,4-6,13H2,1-3H3. The Morgan fingerprint density at radius 1 is 1.10 bits per heavy atom. The average molecular weight is 454 g/mol. The SMILES string of the molecule is CCCC(CC)Cc1c(OC)ccc2c1ccn2S(=O)(=O)c1ccc(Cl)cc1Cl. The summed E-state index contributed by atoms with van der Waals surface area (Å²) in [6.45, 7) is 4.37. The minimum Gasteiger partial charge on any atom is -0.496 e. The van der Waals surface area contributed by atoms with Gasteiger partial charge in [0.05, 0.1) is 17.6 Å². The van der Waals surface area contributed by atoms with Crippen LogP contribution in [-0.2, 0) is 16.4 Å². The highest BCUT2D eigenvalue weighted by atomic mass is 35.5. The van der Waals surface area contributed by atoms with Crippen LogP contribution in [0.15, 0.2) is 47.5 Å². The lowest BCUT2D eigenvalue weighted by molar-refractivity contribution is 0.399. The van der Waals surface area contributed by atoms with Crippen LogP contribution in [0.5, 0.6) is 5.75 Å². The Hall–Kier alpha value is -1.69. The van der Waals surface area contributed by atoms with Crippen molar-refractivity contribution in [1.82, 2.24) is 3.97 Å². The molecule has 0 fully saturated rings. The highest BCUT2D eigenvalue weighted by molar-refractivity contribution is 7.90. The fourth-order valence-corrected chi connectivity index (χ4v) is 5.88. The molecule has 1 aromatic heterocycles. The van der Waals surface area contributed by atoms with Gasteiger partial charge in [-0.25, -0.2) is 12.4 Å². The van der Waals surface area contributed by atoms with E-state index in [9.17, 15) is 8.42 Å². The zero-order valence-corrected chi connectivity index (χ0v) is 19.1. The molecule has 0 saturated heterocycles. The summed E-state index contributed by atoms with van der Waals surface area (Å²) < 4.78 is 33.5. The number of rotatable bonds is 8. The van der Waals surface area contributed by atoms with Gasteiger partial charge in [-0.1, -0.05) is 56.3 Å². The minimum absolute atomic E-state index is 0.0239. The molecule has 0 amide bonds. The second kappa shape index (κ2) is 8.99. The lowest BCUT2D eigenvalue weighted by atomic mass is 9.91. The van der Waals surface area contributed by atoms with Crippen LogP contribution in [0.1, 0.15) is 38.7 Å². The third kappa shape index (κ3) is 4.27. The van der Waals surface area contributed by atoms with Crippen molar-refractivity contribution in [1.29, 1.82) is 0 Å². The van der Waals surface area contributed by atoms with Gasteiger partial charge in [0.15, 0.2) is 0 Å². The van der Waals surface area contributed by atoms with Crippen LogP contribution in [0.3, 0.4) is 0 Å². The summed E-state index contributed by atoms with van der Waals surface area (Å²) in [7, 11) is -2.22. The van der Waals surface area contributed by atoms with Gasteiger partial charge in [0, 0.05) is 22.2 Å². The van der Waals surface area contributed by atoms with Crippen LogP contribution in [0.25, 0.3) is 10.9 Å². The van der Waals surface area contributed by atoms with Crippen LogP contribution in [0.2, 0.25) is 10.0 Å². The molecular formula is C22H25Cl2NO3S. The number of benzene rings is 2. The zero-order chi connectivity index (χ0) is 21.2. The Labute approximate surface area is 182 Å². The van der Waals surface area contributed by atoms with Gasteiger partial charge < -0.3 is 4.74 Å². The number of fused-ring (bicyclic) bond motifs is 1. The van der Waals surface area contributed by atoms with Crippen LogP contribution >= 0.6 is 23.2 Å². The van der Waals surface area contributed by atoms with E-state index in [1.54, 1.807) is 19.4 Å². The number of nitrogens with zero attached hydrogens (tertiary/aromatic N) is 1. The second-order valence-corrected chi connectivity index (χ2v) is 9.76. The van der Waals surface area contributed by atoms with Gasteiger partial charge in [0.2, 0.25) is 0 Å². The molecule has 0 aliphatic heterocycles.